The fraction of sp³-hybridized carbons (Fsp3) is 0.188. The second-order valence-electron chi connectivity index (χ2n) is 5.13. The molecule has 0 radical (unpaired) electrons. The molecule has 0 aromatic heterocycles. The number of aliphatic carboxylic acids is 1. The summed E-state index contributed by atoms with van der Waals surface area (Å²) in [5.74, 6) is -1.15. The highest BCUT2D eigenvalue weighted by atomic mass is 32.2. The first-order valence-corrected chi connectivity index (χ1v) is 8.55. The van der Waals surface area contributed by atoms with E-state index in [2.05, 4.69) is 0 Å². The summed E-state index contributed by atoms with van der Waals surface area (Å²) < 4.78 is 69.6. The van der Waals surface area contributed by atoms with Gasteiger partial charge in [0.05, 0.1) is 23.3 Å². The van der Waals surface area contributed by atoms with Gasteiger partial charge in [0.15, 0.2) is 0 Å². The lowest BCUT2D eigenvalue weighted by Gasteiger charge is -2.23. The topological polar surface area (TPSA) is 83.9 Å². The van der Waals surface area contributed by atoms with E-state index in [9.17, 15) is 26.4 Å². The smallest absolute Gasteiger partial charge is 0.416 e. The van der Waals surface area contributed by atoms with Gasteiger partial charge in [0.2, 0.25) is 0 Å². The number of halogens is 3. The van der Waals surface area contributed by atoms with Crippen molar-refractivity contribution in [3.8, 4) is 5.75 Å². The number of alkyl halides is 3. The standard InChI is InChI=1S/C16H14F3NO5S/c1-25-13-5-7-14(8-6-13)26(23,24)20(10-15(21)22)12-4-2-3-11(9-12)16(17,18)19/h2-9H,10H2,1H3,(H,21,22). The first kappa shape index (κ1) is 19.6. The number of ether oxygens (including phenoxy) is 1. The first-order valence-electron chi connectivity index (χ1n) is 7.11. The molecule has 0 unspecified atom stereocenters. The molecule has 0 aliphatic heterocycles. The summed E-state index contributed by atoms with van der Waals surface area (Å²) in [7, 11) is -3.03. The Bertz CT molecular complexity index is 895. The normalized spacial score (nSPS) is 11.8. The van der Waals surface area contributed by atoms with E-state index in [0.29, 0.717) is 16.1 Å². The van der Waals surface area contributed by atoms with Gasteiger partial charge in [-0.15, -0.1) is 0 Å². The van der Waals surface area contributed by atoms with Crippen molar-refractivity contribution in [1.82, 2.24) is 0 Å². The molecule has 0 saturated carbocycles. The minimum atomic E-state index is -4.70. The van der Waals surface area contributed by atoms with Crippen molar-refractivity contribution in [2.75, 3.05) is 18.0 Å². The maximum absolute atomic E-state index is 12.9. The van der Waals surface area contributed by atoms with Gasteiger partial charge in [-0.25, -0.2) is 8.42 Å². The quantitative estimate of drug-likeness (QED) is 0.821. The highest BCUT2D eigenvalue weighted by Gasteiger charge is 2.33. The molecule has 6 nitrogen and oxygen atoms in total. The molecular weight excluding hydrogens is 375 g/mol. The Morgan fingerprint density at radius 1 is 1.15 bits per heavy atom. The molecule has 2 aromatic carbocycles. The zero-order valence-electron chi connectivity index (χ0n) is 13.4. The van der Waals surface area contributed by atoms with Gasteiger partial charge in [0, 0.05) is 0 Å². The number of carbonyl (C=O) groups is 1. The molecule has 0 spiro atoms. The summed E-state index contributed by atoms with van der Waals surface area (Å²) >= 11 is 0. The maximum Gasteiger partial charge on any atom is 0.416 e. The number of carboxylic acids is 1. The Labute approximate surface area is 147 Å². The second kappa shape index (κ2) is 7.24. The molecule has 26 heavy (non-hydrogen) atoms. The third kappa shape index (κ3) is 4.26. The predicted molar refractivity (Wildman–Crippen MR) is 86.6 cm³/mol. The molecule has 0 bridgehead atoms. The Balaban J connectivity index is 2.54. The largest absolute Gasteiger partial charge is 0.497 e. The van der Waals surface area contributed by atoms with Crippen molar-refractivity contribution in [2.24, 2.45) is 0 Å². The van der Waals surface area contributed by atoms with E-state index in [0.717, 1.165) is 18.2 Å². The zero-order valence-corrected chi connectivity index (χ0v) is 14.2. The van der Waals surface area contributed by atoms with E-state index >= 15 is 0 Å². The van der Waals surface area contributed by atoms with Crippen molar-refractivity contribution in [3.63, 3.8) is 0 Å². The van der Waals surface area contributed by atoms with Crippen LogP contribution in [-0.4, -0.2) is 33.1 Å². The summed E-state index contributed by atoms with van der Waals surface area (Å²) in [5.41, 5.74) is -1.49. The van der Waals surface area contributed by atoms with Crippen LogP contribution in [0.2, 0.25) is 0 Å². The number of methoxy groups -OCH3 is 1. The van der Waals surface area contributed by atoms with Gasteiger partial charge >= 0.3 is 12.1 Å². The highest BCUT2D eigenvalue weighted by Crippen LogP contribution is 2.33. The Hall–Kier alpha value is -2.75. The molecule has 140 valence electrons. The Morgan fingerprint density at radius 2 is 1.77 bits per heavy atom. The molecular formula is C16H14F3NO5S. The van der Waals surface area contributed by atoms with Crippen molar-refractivity contribution < 1.29 is 36.2 Å². The number of hydrogen-bond donors (Lipinski definition) is 1. The van der Waals surface area contributed by atoms with Gasteiger partial charge in [0.1, 0.15) is 12.3 Å². The van der Waals surface area contributed by atoms with Gasteiger partial charge in [-0.05, 0) is 42.5 Å². The number of hydrogen-bond acceptors (Lipinski definition) is 4. The van der Waals surface area contributed by atoms with Gasteiger partial charge in [-0.2, -0.15) is 13.2 Å². The van der Waals surface area contributed by atoms with Crippen LogP contribution in [0.5, 0.6) is 5.75 Å². The summed E-state index contributed by atoms with van der Waals surface area (Å²) in [6.07, 6.45) is -4.70. The molecule has 0 atom stereocenters. The molecule has 2 rings (SSSR count). The minimum Gasteiger partial charge on any atom is -0.497 e. The lowest BCUT2D eigenvalue weighted by atomic mass is 10.2. The molecule has 0 aliphatic rings. The van der Waals surface area contributed by atoms with E-state index in [1.807, 2.05) is 0 Å². The van der Waals surface area contributed by atoms with Crippen molar-refractivity contribution >= 4 is 21.7 Å². The van der Waals surface area contributed by atoms with E-state index in [4.69, 9.17) is 9.84 Å². The molecule has 0 heterocycles. The van der Waals surface area contributed by atoms with Gasteiger partial charge in [0.25, 0.3) is 10.0 Å². The van der Waals surface area contributed by atoms with Crippen molar-refractivity contribution in [1.29, 1.82) is 0 Å². The lowest BCUT2D eigenvalue weighted by Crippen LogP contribution is -2.35. The van der Waals surface area contributed by atoms with Crippen LogP contribution < -0.4 is 9.04 Å². The van der Waals surface area contributed by atoms with Crippen LogP contribution >= 0.6 is 0 Å². The van der Waals surface area contributed by atoms with Crippen LogP contribution in [0.25, 0.3) is 0 Å². The van der Waals surface area contributed by atoms with E-state index in [-0.39, 0.29) is 4.90 Å². The summed E-state index contributed by atoms with van der Waals surface area (Å²) in [5, 5.41) is 9.02. The SMILES string of the molecule is COc1ccc(S(=O)(=O)N(CC(=O)O)c2cccc(C(F)(F)F)c2)cc1. The van der Waals surface area contributed by atoms with Crippen LogP contribution in [0, 0.1) is 0 Å². The number of benzene rings is 2. The average molecular weight is 389 g/mol. The number of rotatable bonds is 6. The van der Waals surface area contributed by atoms with Gasteiger partial charge in [-0.3, -0.25) is 9.10 Å². The number of anilines is 1. The average Bonchev–Trinajstić information content (AvgIpc) is 2.59. The summed E-state index contributed by atoms with van der Waals surface area (Å²) in [6.45, 7) is -1.03. The second-order valence-corrected chi connectivity index (χ2v) is 6.99. The molecule has 0 fully saturated rings. The monoisotopic (exact) mass is 389 g/mol. The third-order valence-corrected chi connectivity index (χ3v) is 5.18. The predicted octanol–water partition coefficient (Wildman–Crippen LogP) is 2.99. The fourth-order valence-corrected chi connectivity index (χ4v) is 3.56. The van der Waals surface area contributed by atoms with Crippen LogP contribution in [0.3, 0.4) is 0 Å². The molecule has 10 heteroatoms. The fourth-order valence-electron chi connectivity index (χ4n) is 2.15. The highest BCUT2D eigenvalue weighted by molar-refractivity contribution is 7.92. The number of carboxylic acid groups (broad SMARTS) is 1. The molecule has 0 aliphatic carbocycles. The van der Waals surface area contributed by atoms with E-state index in [1.54, 1.807) is 0 Å². The van der Waals surface area contributed by atoms with Crippen molar-refractivity contribution in [3.05, 3.63) is 54.1 Å². The van der Waals surface area contributed by atoms with E-state index in [1.165, 1.54) is 31.4 Å². The number of nitrogens with zero attached hydrogens (tertiary/aromatic N) is 1. The summed E-state index contributed by atoms with van der Waals surface area (Å²) in [4.78, 5) is 10.8. The minimum absolute atomic E-state index is 0.281. The van der Waals surface area contributed by atoms with Gasteiger partial charge in [-0.1, -0.05) is 6.07 Å². The van der Waals surface area contributed by atoms with Gasteiger partial charge < -0.3 is 9.84 Å². The molecule has 0 saturated heterocycles. The van der Waals surface area contributed by atoms with Crippen molar-refractivity contribution in [2.45, 2.75) is 11.1 Å². The maximum atomic E-state index is 12.9. The molecule has 0 amide bonds. The number of sulfonamides is 1. The van der Waals surface area contributed by atoms with Crippen LogP contribution in [0.4, 0.5) is 18.9 Å². The molecule has 1 N–H and O–H groups in total. The Morgan fingerprint density at radius 3 is 2.27 bits per heavy atom. The lowest BCUT2D eigenvalue weighted by molar-refractivity contribution is -0.137. The van der Waals surface area contributed by atoms with Crippen LogP contribution in [0.1, 0.15) is 5.56 Å². The van der Waals surface area contributed by atoms with Crippen LogP contribution in [0.15, 0.2) is 53.4 Å². The zero-order chi connectivity index (χ0) is 19.5. The first-order chi connectivity index (χ1) is 12.1. The Kier molecular flexibility index (Phi) is 5.45. The van der Waals surface area contributed by atoms with E-state index < -0.39 is 40.0 Å². The summed E-state index contributed by atoms with van der Waals surface area (Å²) in [6, 6.07) is 8.51. The molecule has 2 aromatic rings. The third-order valence-electron chi connectivity index (χ3n) is 3.39. The van der Waals surface area contributed by atoms with Crippen LogP contribution in [-0.2, 0) is 21.0 Å².